The van der Waals surface area contributed by atoms with Gasteiger partial charge >= 0.3 is 5.97 Å². The standard InChI is InChI=1S/C19H21N5O2/c25-18(26)19(23-12-4-10-20-23)8-13-22(14-9-19)15-17-7-11-21-24(17)16-5-2-1-3-6-16/h1-7,10-12H,8-9,13-15H2,(H,25,26). The van der Waals surface area contributed by atoms with Crippen molar-refractivity contribution < 1.29 is 9.90 Å². The molecule has 0 bridgehead atoms. The summed E-state index contributed by atoms with van der Waals surface area (Å²) in [5.41, 5.74) is 1.18. The second kappa shape index (κ2) is 6.76. The van der Waals surface area contributed by atoms with E-state index in [9.17, 15) is 9.90 Å². The first-order valence-electron chi connectivity index (χ1n) is 8.73. The van der Waals surface area contributed by atoms with Crippen LogP contribution in [0.3, 0.4) is 0 Å². The predicted octanol–water partition coefficient (Wildman–Crippen LogP) is 2.14. The Kier molecular flexibility index (Phi) is 4.30. The maximum absolute atomic E-state index is 11.9. The first kappa shape index (κ1) is 16.5. The van der Waals surface area contributed by atoms with Gasteiger partial charge in [0.1, 0.15) is 0 Å². The lowest BCUT2D eigenvalue weighted by atomic mass is 9.87. The molecule has 0 radical (unpaired) electrons. The summed E-state index contributed by atoms with van der Waals surface area (Å²) >= 11 is 0. The van der Waals surface area contributed by atoms with E-state index in [1.54, 1.807) is 29.3 Å². The van der Waals surface area contributed by atoms with Crippen molar-refractivity contribution in [1.29, 1.82) is 0 Å². The molecule has 1 N–H and O–H groups in total. The van der Waals surface area contributed by atoms with Gasteiger partial charge in [-0.1, -0.05) is 18.2 Å². The Bertz CT molecular complexity index is 864. The number of carboxylic acids is 1. The SMILES string of the molecule is O=C(O)C1(n2cccn2)CCN(Cc2ccnn2-c2ccccc2)CC1. The van der Waals surface area contributed by atoms with Gasteiger partial charge in [-0.2, -0.15) is 10.2 Å². The van der Waals surface area contributed by atoms with Gasteiger partial charge in [-0.3, -0.25) is 9.58 Å². The van der Waals surface area contributed by atoms with Crippen LogP contribution in [0.2, 0.25) is 0 Å². The molecule has 26 heavy (non-hydrogen) atoms. The van der Waals surface area contributed by atoms with Gasteiger partial charge in [-0.25, -0.2) is 9.48 Å². The smallest absolute Gasteiger partial charge is 0.331 e. The lowest BCUT2D eigenvalue weighted by Gasteiger charge is -2.38. The van der Waals surface area contributed by atoms with Crippen LogP contribution in [0.25, 0.3) is 5.69 Å². The number of para-hydroxylation sites is 1. The van der Waals surface area contributed by atoms with Gasteiger partial charge in [0.15, 0.2) is 5.54 Å². The van der Waals surface area contributed by atoms with Gasteiger partial charge in [-0.05, 0) is 37.1 Å². The molecule has 1 aliphatic rings. The van der Waals surface area contributed by atoms with Crippen LogP contribution < -0.4 is 0 Å². The highest BCUT2D eigenvalue weighted by molar-refractivity contribution is 5.76. The third-order valence-corrected chi connectivity index (χ3v) is 5.13. The fourth-order valence-corrected chi connectivity index (χ4v) is 3.63. The highest BCUT2D eigenvalue weighted by atomic mass is 16.4. The summed E-state index contributed by atoms with van der Waals surface area (Å²) in [7, 11) is 0. The minimum Gasteiger partial charge on any atom is -0.479 e. The zero-order valence-corrected chi connectivity index (χ0v) is 14.4. The molecule has 0 saturated carbocycles. The quantitative estimate of drug-likeness (QED) is 0.762. The Morgan fingerprint density at radius 2 is 1.81 bits per heavy atom. The third kappa shape index (κ3) is 2.90. The molecule has 3 aromatic rings. The fourth-order valence-electron chi connectivity index (χ4n) is 3.63. The van der Waals surface area contributed by atoms with Crippen LogP contribution in [0, 0.1) is 0 Å². The third-order valence-electron chi connectivity index (χ3n) is 5.13. The Hall–Kier alpha value is -2.93. The largest absolute Gasteiger partial charge is 0.479 e. The van der Waals surface area contributed by atoms with Crippen LogP contribution in [-0.4, -0.2) is 48.6 Å². The van der Waals surface area contributed by atoms with Gasteiger partial charge in [0.25, 0.3) is 0 Å². The normalized spacial score (nSPS) is 17.2. The Labute approximate surface area is 151 Å². The molecular weight excluding hydrogens is 330 g/mol. The van der Waals surface area contributed by atoms with Crippen molar-refractivity contribution in [3.8, 4) is 5.69 Å². The lowest BCUT2D eigenvalue weighted by molar-refractivity contribution is -0.151. The summed E-state index contributed by atoms with van der Waals surface area (Å²) in [5, 5.41) is 18.4. The maximum atomic E-state index is 11.9. The molecule has 1 aromatic carbocycles. The van der Waals surface area contributed by atoms with Crippen LogP contribution in [0.15, 0.2) is 61.1 Å². The van der Waals surface area contributed by atoms with Gasteiger partial charge in [0.2, 0.25) is 0 Å². The highest BCUT2D eigenvalue weighted by Crippen LogP contribution is 2.30. The zero-order valence-electron chi connectivity index (χ0n) is 14.4. The van der Waals surface area contributed by atoms with Gasteiger partial charge in [-0.15, -0.1) is 0 Å². The number of likely N-dealkylation sites (tertiary alicyclic amines) is 1. The molecule has 3 heterocycles. The summed E-state index contributed by atoms with van der Waals surface area (Å²) in [6.07, 6.45) is 6.24. The number of nitrogens with zero attached hydrogens (tertiary/aromatic N) is 5. The summed E-state index contributed by atoms with van der Waals surface area (Å²) < 4.78 is 3.54. The number of benzene rings is 1. The maximum Gasteiger partial charge on any atom is 0.331 e. The molecule has 1 aliphatic heterocycles. The second-order valence-corrected chi connectivity index (χ2v) is 6.63. The number of hydrogen-bond donors (Lipinski definition) is 1. The van der Waals surface area contributed by atoms with Crippen molar-refractivity contribution in [1.82, 2.24) is 24.5 Å². The van der Waals surface area contributed by atoms with Crippen LogP contribution in [0.5, 0.6) is 0 Å². The monoisotopic (exact) mass is 351 g/mol. The highest BCUT2D eigenvalue weighted by Gasteiger charge is 2.43. The number of aromatic nitrogens is 4. The van der Waals surface area contributed by atoms with E-state index in [0.29, 0.717) is 25.9 Å². The number of rotatable bonds is 5. The van der Waals surface area contributed by atoms with E-state index < -0.39 is 11.5 Å². The molecule has 134 valence electrons. The number of hydrogen-bond acceptors (Lipinski definition) is 4. The molecule has 7 heteroatoms. The van der Waals surface area contributed by atoms with E-state index in [1.165, 1.54) is 0 Å². The van der Waals surface area contributed by atoms with Crippen molar-refractivity contribution in [2.45, 2.75) is 24.9 Å². The number of aliphatic carboxylic acids is 1. The van der Waals surface area contributed by atoms with E-state index in [-0.39, 0.29) is 0 Å². The number of piperidine rings is 1. The average molecular weight is 351 g/mol. The molecule has 0 spiro atoms. The van der Waals surface area contributed by atoms with Crippen molar-refractivity contribution in [3.63, 3.8) is 0 Å². The molecule has 2 aromatic heterocycles. The van der Waals surface area contributed by atoms with E-state index in [0.717, 1.165) is 17.9 Å². The summed E-state index contributed by atoms with van der Waals surface area (Å²) in [5.74, 6) is -0.810. The molecule has 4 rings (SSSR count). The molecule has 0 atom stereocenters. The second-order valence-electron chi connectivity index (χ2n) is 6.63. The topological polar surface area (TPSA) is 76.2 Å². The van der Waals surface area contributed by atoms with Crippen LogP contribution in [0.4, 0.5) is 0 Å². The van der Waals surface area contributed by atoms with E-state index in [2.05, 4.69) is 15.1 Å². The molecule has 7 nitrogen and oxygen atoms in total. The number of carboxylic acid groups (broad SMARTS) is 1. The Morgan fingerprint density at radius 3 is 2.46 bits per heavy atom. The van der Waals surface area contributed by atoms with Crippen LogP contribution in [0.1, 0.15) is 18.5 Å². The minimum atomic E-state index is -0.945. The molecule has 1 saturated heterocycles. The van der Waals surface area contributed by atoms with Crippen molar-refractivity contribution in [2.75, 3.05) is 13.1 Å². The van der Waals surface area contributed by atoms with Crippen molar-refractivity contribution in [2.24, 2.45) is 0 Å². The fraction of sp³-hybridized carbons (Fsp3) is 0.316. The van der Waals surface area contributed by atoms with Crippen molar-refractivity contribution >= 4 is 5.97 Å². The van der Waals surface area contributed by atoms with E-state index in [1.807, 2.05) is 41.1 Å². The zero-order chi connectivity index (χ0) is 18.0. The molecule has 0 unspecified atom stereocenters. The summed E-state index contributed by atoms with van der Waals surface area (Å²) in [6, 6.07) is 13.8. The Morgan fingerprint density at radius 1 is 1.04 bits per heavy atom. The van der Waals surface area contributed by atoms with E-state index >= 15 is 0 Å². The Balaban J connectivity index is 1.48. The number of carbonyl (C=O) groups is 1. The lowest BCUT2D eigenvalue weighted by Crippen LogP contribution is -2.51. The van der Waals surface area contributed by atoms with Crippen molar-refractivity contribution in [3.05, 3.63) is 66.7 Å². The van der Waals surface area contributed by atoms with E-state index in [4.69, 9.17) is 0 Å². The van der Waals surface area contributed by atoms with Gasteiger partial charge in [0.05, 0.1) is 11.4 Å². The first-order valence-corrected chi connectivity index (χ1v) is 8.73. The molecule has 0 amide bonds. The molecular formula is C19H21N5O2. The van der Waals surface area contributed by atoms with Gasteiger partial charge < -0.3 is 5.11 Å². The molecule has 0 aliphatic carbocycles. The van der Waals surface area contributed by atoms with Gasteiger partial charge in [0, 0.05) is 38.2 Å². The van der Waals surface area contributed by atoms with Crippen LogP contribution in [-0.2, 0) is 16.9 Å². The summed E-state index contributed by atoms with van der Waals surface area (Å²) in [6.45, 7) is 2.14. The molecule has 1 fully saturated rings. The van der Waals surface area contributed by atoms with Crippen LogP contribution >= 0.6 is 0 Å². The minimum absolute atomic E-state index is 0.531. The average Bonchev–Trinajstić information content (AvgIpc) is 3.35. The summed E-state index contributed by atoms with van der Waals surface area (Å²) in [4.78, 5) is 14.2. The predicted molar refractivity (Wildman–Crippen MR) is 95.9 cm³/mol. The first-order chi connectivity index (χ1) is 12.7.